The summed E-state index contributed by atoms with van der Waals surface area (Å²) in [7, 11) is 2.96. The molecule has 2 heterocycles. The standard InChI is InChI=1S/C31H26N2O6/c1-37-24-14-15-25(26(17-24)38-2)29(34)27-28(21-9-6-16-32-18-21)33(31(36)30(27)35)22-10-12-23(13-11-22)39-19-20-7-4-3-5-8-20/h3-18,28,34H,19H2,1-2H3/b29-27-. The Balaban J connectivity index is 1.54. The van der Waals surface area contributed by atoms with E-state index < -0.39 is 17.7 Å². The Morgan fingerprint density at radius 1 is 0.897 bits per heavy atom. The van der Waals surface area contributed by atoms with Gasteiger partial charge in [0.25, 0.3) is 11.7 Å². The molecule has 0 saturated carbocycles. The molecule has 8 nitrogen and oxygen atoms in total. The van der Waals surface area contributed by atoms with Crippen LogP contribution in [-0.4, -0.2) is 36.0 Å². The third-order valence-electron chi connectivity index (χ3n) is 6.47. The van der Waals surface area contributed by atoms with Gasteiger partial charge in [0.15, 0.2) is 0 Å². The molecule has 1 atom stereocenters. The quantitative estimate of drug-likeness (QED) is 0.190. The van der Waals surface area contributed by atoms with Gasteiger partial charge in [0.2, 0.25) is 0 Å². The largest absolute Gasteiger partial charge is 0.507 e. The third-order valence-corrected chi connectivity index (χ3v) is 6.47. The second-order valence-electron chi connectivity index (χ2n) is 8.79. The number of aliphatic hydroxyl groups excluding tert-OH is 1. The minimum Gasteiger partial charge on any atom is -0.507 e. The minimum atomic E-state index is -0.915. The zero-order valence-corrected chi connectivity index (χ0v) is 21.4. The molecule has 1 saturated heterocycles. The van der Waals surface area contributed by atoms with E-state index in [-0.39, 0.29) is 16.9 Å². The summed E-state index contributed by atoms with van der Waals surface area (Å²) in [4.78, 5) is 32.4. The lowest BCUT2D eigenvalue weighted by molar-refractivity contribution is -0.132. The first-order chi connectivity index (χ1) is 19.0. The minimum absolute atomic E-state index is 0.0686. The van der Waals surface area contributed by atoms with E-state index in [0.717, 1.165) is 5.56 Å². The Kier molecular flexibility index (Phi) is 7.27. The number of carbonyl (C=O) groups is 2. The van der Waals surface area contributed by atoms with Crippen molar-refractivity contribution in [3.8, 4) is 17.2 Å². The number of anilines is 1. The summed E-state index contributed by atoms with van der Waals surface area (Å²) in [6.45, 7) is 0.393. The molecule has 39 heavy (non-hydrogen) atoms. The summed E-state index contributed by atoms with van der Waals surface area (Å²) in [5.74, 6) is -0.517. The smallest absolute Gasteiger partial charge is 0.300 e. The van der Waals surface area contributed by atoms with Gasteiger partial charge in [0, 0.05) is 24.1 Å². The van der Waals surface area contributed by atoms with Crippen LogP contribution < -0.4 is 19.1 Å². The third kappa shape index (κ3) is 5.04. The maximum absolute atomic E-state index is 13.4. The number of amides is 1. The van der Waals surface area contributed by atoms with E-state index in [4.69, 9.17) is 14.2 Å². The Hall–Kier alpha value is -5.11. The first kappa shape index (κ1) is 25.5. The zero-order valence-electron chi connectivity index (χ0n) is 21.4. The molecule has 5 rings (SSSR count). The fourth-order valence-corrected chi connectivity index (χ4v) is 4.54. The molecule has 1 unspecified atom stereocenters. The number of hydrogen-bond donors (Lipinski definition) is 1. The molecular formula is C31H26N2O6. The molecule has 0 aliphatic carbocycles. The van der Waals surface area contributed by atoms with E-state index in [0.29, 0.717) is 35.1 Å². The second kappa shape index (κ2) is 11.1. The predicted octanol–water partition coefficient (Wildman–Crippen LogP) is 5.30. The molecule has 0 spiro atoms. The molecule has 4 aromatic rings. The Morgan fingerprint density at radius 3 is 2.31 bits per heavy atom. The lowest BCUT2D eigenvalue weighted by Crippen LogP contribution is -2.29. The SMILES string of the molecule is COc1ccc(/C(O)=C2/C(=O)C(=O)N(c3ccc(OCc4ccccc4)cc3)C2c2cccnc2)c(OC)c1. The highest BCUT2D eigenvalue weighted by molar-refractivity contribution is 6.51. The van der Waals surface area contributed by atoms with Crippen molar-refractivity contribution in [2.45, 2.75) is 12.6 Å². The number of carbonyl (C=O) groups excluding carboxylic acids is 2. The first-order valence-electron chi connectivity index (χ1n) is 12.2. The molecule has 196 valence electrons. The van der Waals surface area contributed by atoms with Crippen LogP contribution in [0.25, 0.3) is 5.76 Å². The van der Waals surface area contributed by atoms with Crippen molar-refractivity contribution >= 4 is 23.1 Å². The summed E-state index contributed by atoms with van der Waals surface area (Å²) in [5.41, 5.74) is 2.25. The van der Waals surface area contributed by atoms with E-state index >= 15 is 0 Å². The molecule has 1 aliphatic rings. The Labute approximate surface area is 225 Å². The van der Waals surface area contributed by atoms with Crippen LogP contribution in [0.5, 0.6) is 17.2 Å². The fourth-order valence-electron chi connectivity index (χ4n) is 4.54. The van der Waals surface area contributed by atoms with Gasteiger partial charge in [0.05, 0.1) is 31.4 Å². The number of ketones is 1. The van der Waals surface area contributed by atoms with Crippen LogP contribution >= 0.6 is 0 Å². The Bertz CT molecular complexity index is 1520. The maximum Gasteiger partial charge on any atom is 0.300 e. The van der Waals surface area contributed by atoms with E-state index in [1.54, 1.807) is 67.0 Å². The van der Waals surface area contributed by atoms with Gasteiger partial charge in [-0.2, -0.15) is 0 Å². The lowest BCUT2D eigenvalue weighted by atomic mass is 9.95. The van der Waals surface area contributed by atoms with Crippen LogP contribution in [-0.2, 0) is 16.2 Å². The zero-order chi connectivity index (χ0) is 27.4. The molecule has 8 heteroatoms. The van der Waals surface area contributed by atoms with E-state index in [1.807, 2.05) is 30.3 Å². The van der Waals surface area contributed by atoms with Crippen molar-refractivity contribution in [1.29, 1.82) is 0 Å². The number of aromatic nitrogens is 1. The van der Waals surface area contributed by atoms with E-state index in [2.05, 4.69) is 4.98 Å². The van der Waals surface area contributed by atoms with Crippen LogP contribution in [0.4, 0.5) is 5.69 Å². The van der Waals surface area contributed by atoms with E-state index in [9.17, 15) is 14.7 Å². The van der Waals surface area contributed by atoms with Crippen molar-refractivity contribution in [2.75, 3.05) is 19.1 Å². The number of rotatable bonds is 8. The molecular weight excluding hydrogens is 496 g/mol. The fraction of sp³-hybridized carbons (Fsp3) is 0.129. The normalized spacial score (nSPS) is 16.3. The van der Waals surface area contributed by atoms with Gasteiger partial charge in [-0.1, -0.05) is 36.4 Å². The average molecular weight is 523 g/mol. The van der Waals surface area contributed by atoms with Crippen LogP contribution in [0.1, 0.15) is 22.7 Å². The number of ether oxygens (including phenoxy) is 3. The van der Waals surface area contributed by atoms with Crippen LogP contribution in [0, 0.1) is 0 Å². The second-order valence-corrected chi connectivity index (χ2v) is 8.79. The average Bonchev–Trinajstić information content (AvgIpc) is 3.26. The molecule has 1 aliphatic heterocycles. The first-order valence-corrected chi connectivity index (χ1v) is 12.2. The predicted molar refractivity (Wildman–Crippen MR) is 146 cm³/mol. The van der Waals surface area contributed by atoms with Crippen molar-refractivity contribution in [3.05, 3.63) is 120 Å². The summed E-state index contributed by atoms with van der Waals surface area (Å²) < 4.78 is 16.6. The number of hydrogen-bond acceptors (Lipinski definition) is 7. The summed E-state index contributed by atoms with van der Waals surface area (Å²) in [5, 5.41) is 11.4. The van der Waals surface area contributed by atoms with Crippen molar-refractivity contribution < 1.29 is 28.9 Å². The number of aliphatic hydroxyl groups is 1. The highest BCUT2D eigenvalue weighted by Gasteiger charge is 2.47. The van der Waals surface area contributed by atoms with Gasteiger partial charge in [0.1, 0.15) is 29.6 Å². The van der Waals surface area contributed by atoms with Gasteiger partial charge in [-0.05, 0) is 53.6 Å². The number of pyridine rings is 1. The molecule has 3 aromatic carbocycles. The van der Waals surface area contributed by atoms with Crippen LogP contribution in [0.3, 0.4) is 0 Å². The summed E-state index contributed by atoms with van der Waals surface area (Å²) >= 11 is 0. The highest BCUT2D eigenvalue weighted by atomic mass is 16.5. The topological polar surface area (TPSA) is 98.2 Å². The number of nitrogens with zero attached hydrogens (tertiary/aromatic N) is 2. The number of methoxy groups -OCH3 is 2. The van der Waals surface area contributed by atoms with Crippen molar-refractivity contribution in [1.82, 2.24) is 4.98 Å². The molecule has 1 N–H and O–H groups in total. The molecule has 0 bridgehead atoms. The Morgan fingerprint density at radius 2 is 1.64 bits per heavy atom. The number of benzene rings is 3. The highest BCUT2D eigenvalue weighted by Crippen LogP contribution is 2.43. The summed E-state index contributed by atoms with van der Waals surface area (Å²) in [6, 6.07) is 24.0. The van der Waals surface area contributed by atoms with E-state index in [1.165, 1.54) is 19.1 Å². The van der Waals surface area contributed by atoms with Gasteiger partial charge in [-0.15, -0.1) is 0 Å². The number of Topliss-reactive ketones (excluding diaryl/α,β-unsaturated/α-hetero) is 1. The molecule has 1 fully saturated rings. The van der Waals surface area contributed by atoms with Gasteiger partial charge >= 0.3 is 0 Å². The molecule has 1 amide bonds. The molecule has 0 radical (unpaired) electrons. The summed E-state index contributed by atoms with van der Waals surface area (Å²) in [6.07, 6.45) is 3.17. The lowest BCUT2D eigenvalue weighted by Gasteiger charge is -2.25. The monoisotopic (exact) mass is 522 g/mol. The van der Waals surface area contributed by atoms with Gasteiger partial charge in [-0.25, -0.2) is 0 Å². The van der Waals surface area contributed by atoms with Crippen molar-refractivity contribution in [2.24, 2.45) is 0 Å². The molecule has 1 aromatic heterocycles. The van der Waals surface area contributed by atoms with Gasteiger partial charge < -0.3 is 19.3 Å². The van der Waals surface area contributed by atoms with Crippen molar-refractivity contribution in [3.63, 3.8) is 0 Å². The maximum atomic E-state index is 13.4. The van der Waals surface area contributed by atoms with Crippen LogP contribution in [0.2, 0.25) is 0 Å². The van der Waals surface area contributed by atoms with Gasteiger partial charge in [-0.3, -0.25) is 19.5 Å². The van der Waals surface area contributed by atoms with Crippen LogP contribution in [0.15, 0.2) is 103 Å².